The van der Waals surface area contributed by atoms with Crippen LogP contribution >= 0.6 is 0 Å². The van der Waals surface area contributed by atoms with Crippen molar-refractivity contribution in [3.8, 4) is 11.5 Å². The van der Waals surface area contributed by atoms with Crippen LogP contribution in [0.2, 0.25) is 0 Å². The van der Waals surface area contributed by atoms with Gasteiger partial charge in [0.1, 0.15) is 17.3 Å². The zero-order chi connectivity index (χ0) is 15.2. The summed E-state index contributed by atoms with van der Waals surface area (Å²) in [5.74, 6) is -0.00821. The third kappa shape index (κ3) is 4.57. The fourth-order valence-electron chi connectivity index (χ4n) is 1.82. The molecule has 0 saturated carbocycles. The molecule has 1 atom stereocenters. The van der Waals surface area contributed by atoms with Crippen molar-refractivity contribution in [3.05, 3.63) is 59.9 Å². The van der Waals surface area contributed by atoms with Gasteiger partial charge >= 0.3 is 5.97 Å². The molecule has 1 unspecified atom stereocenters. The fourth-order valence-corrected chi connectivity index (χ4v) is 1.82. The zero-order valence-corrected chi connectivity index (χ0v) is 11.5. The minimum atomic E-state index is -0.891. The monoisotopic (exact) mass is 289 g/mol. The number of aliphatic carboxylic acids is 1. The van der Waals surface area contributed by atoms with Gasteiger partial charge < -0.3 is 15.2 Å². The van der Waals surface area contributed by atoms with Gasteiger partial charge in [0.05, 0.1) is 6.54 Å². The molecule has 0 fully saturated rings. The highest BCUT2D eigenvalue weighted by atomic mass is 19.1. The fraction of sp³-hybridized carbons (Fsp3) is 0.188. The summed E-state index contributed by atoms with van der Waals surface area (Å²) in [5, 5.41) is 11.5. The number of benzene rings is 2. The summed E-state index contributed by atoms with van der Waals surface area (Å²) >= 11 is 0. The van der Waals surface area contributed by atoms with E-state index in [1.165, 1.54) is 12.1 Å². The quantitative estimate of drug-likeness (QED) is 0.856. The normalized spacial score (nSPS) is 11.9. The van der Waals surface area contributed by atoms with Gasteiger partial charge in [-0.05, 0) is 48.9 Å². The molecule has 0 aliphatic carbocycles. The van der Waals surface area contributed by atoms with E-state index in [9.17, 15) is 9.18 Å². The number of rotatable bonds is 6. The van der Waals surface area contributed by atoms with Crippen LogP contribution in [-0.4, -0.2) is 17.6 Å². The van der Waals surface area contributed by atoms with Crippen LogP contribution in [0.1, 0.15) is 18.5 Å². The predicted octanol–water partition coefficient (Wildman–Crippen LogP) is 3.35. The minimum absolute atomic E-state index is 0.0685. The molecule has 2 rings (SSSR count). The van der Waals surface area contributed by atoms with Gasteiger partial charge in [0.25, 0.3) is 0 Å². The summed E-state index contributed by atoms with van der Waals surface area (Å²) in [6.07, 6.45) is 0. The van der Waals surface area contributed by atoms with E-state index in [1.807, 2.05) is 19.1 Å². The van der Waals surface area contributed by atoms with Crippen molar-refractivity contribution in [2.45, 2.75) is 13.0 Å². The Hall–Kier alpha value is -2.40. The second kappa shape index (κ2) is 6.85. The smallest absolute Gasteiger partial charge is 0.317 e. The Bertz CT molecular complexity index is 596. The van der Waals surface area contributed by atoms with Crippen LogP contribution in [0.5, 0.6) is 11.5 Å². The SMILES string of the molecule is CC(NCC(=O)O)c1ccc(Oc2ccc(F)cc2)cc1. The standard InChI is InChI=1S/C16H16FNO3/c1-11(18-10-16(19)20)12-2-6-14(7-3-12)21-15-8-4-13(17)5-9-15/h2-9,11,18H,10H2,1H3,(H,19,20). The number of hydrogen-bond acceptors (Lipinski definition) is 3. The molecule has 0 amide bonds. The summed E-state index contributed by atoms with van der Waals surface area (Å²) in [5.41, 5.74) is 0.961. The maximum Gasteiger partial charge on any atom is 0.317 e. The van der Waals surface area contributed by atoms with E-state index in [1.54, 1.807) is 24.3 Å². The lowest BCUT2D eigenvalue weighted by molar-refractivity contribution is -0.136. The van der Waals surface area contributed by atoms with Gasteiger partial charge in [-0.2, -0.15) is 0 Å². The summed E-state index contributed by atoms with van der Waals surface area (Å²) in [6.45, 7) is 1.80. The van der Waals surface area contributed by atoms with Gasteiger partial charge in [-0.1, -0.05) is 12.1 Å². The highest BCUT2D eigenvalue weighted by Gasteiger charge is 2.07. The molecule has 21 heavy (non-hydrogen) atoms. The van der Waals surface area contributed by atoms with Crippen LogP contribution in [-0.2, 0) is 4.79 Å². The molecule has 0 aliphatic heterocycles. The number of nitrogens with one attached hydrogen (secondary N) is 1. The van der Waals surface area contributed by atoms with Gasteiger partial charge in [-0.25, -0.2) is 4.39 Å². The molecule has 5 heteroatoms. The second-order valence-electron chi connectivity index (χ2n) is 4.62. The lowest BCUT2D eigenvalue weighted by Crippen LogP contribution is -2.25. The van der Waals surface area contributed by atoms with Crippen molar-refractivity contribution in [1.29, 1.82) is 0 Å². The van der Waals surface area contributed by atoms with E-state index in [2.05, 4.69) is 5.32 Å². The predicted molar refractivity (Wildman–Crippen MR) is 77.0 cm³/mol. The Morgan fingerprint density at radius 2 is 1.67 bits per heavy atom. The van der Waals surface area contributed by atoms with Gasteiger partial charge in [0.2, 0.25) is 0 Å². The first kappa shape index (κ1) is 15.0. The van der Waals surface area contributed by atoms with E-state index < -0.39 is 5.97 Å². The van der Waals surface area contributed by atoms with Crippen molar-refractivity contribution in [2.24, 2.45) is 0 Å². The van der Waals surface area contributed by atoms with E-state index in [-0.39, 0.29) is 18.4 Å². The highest BCUT2D eigenvalue weighted by molar-refractivity contribution is 5.69. The largest absolute Gasteiger partial charge is 0.480 e. The maximum absolute atomic E-state index is 12.8. The summed E-state index contributed by atoms with van der Waals surface area (Å²) in [6, 6.07) is 13.0. The molecular formula is C16H16FNO3. The molecule has 110 valence electrons. The Kier molecular flexibility index (Phi) is 4.90. The van der Waals surface area contributed by atoms with E-state index in [0.717, 1.165) is 5.56 Å². The summed E-state index contributed by atoms with van der Waals surface area (Å²) in [7, 11) is 0. The van der Waals surface area contributed by atoms with Crippen molar-refractivity contribution in [2.75, 3.05) is 6.54 Å². The average Bonchev–Trinajstić information content (AvgIpc) is 2.48. The van der Waals surface area contributed by atoms with E-state index >= 15 is 0 Å². The van der Waals surface area contributed by atoms with Crippen LogP contribution in [0.3, 0.4) is 0 Å². The second-order valence-corrected chi connectivity index (χ2v) is 4.62. The Morgan fingerprint density at radius 1 is 1.14 bits per heavy atom. The van der Waals surface area contributed by atoms with Crippen LogP contribution in [0.15, 0.2) is 48.5 Å². The molecule has 0 aliphatic rings. The minimum Gasteiger partial charge on any atom is -0.480 e. The van der Waals surface area contributed by atoms with Crippen molar-refractivity contribution in [3.63, 3.8) is 0 Å². The topological polar surface area (TPSA) is 58.6 Å². The van der Waals surface area contributed by atoms with Crippen LogP contribution in [0, 0.1) is 5.82 Å². The third-order valence-electron chi connectivity index (χ3n) is 2.99. The molecule has 2 aromatic rings. The molecule has 2 aromatic carbocycles. The molecule has 0 saturated heterocycles. The van der Waals surface area contributed by atoms with Crippen molar-refractivity contribution < 1.29 is 19.0 Å². The third-order valence-corrected chi connectivity index (χ3v) is 2.99. The van der Waals surface area contributed by atoms with Crippen molar-refractivity contribution >= 4 is 5.97 Å². The molecule has 0 spiro atoms. The van der Waals surface area contributed by atoms with Gasteiger partial charge in [-0.15, -0.1) is 0 Å². The molecule has 0 aromatic heterocycles. The lowest BCUT2D eigenvalue weighted by atomic mass is 10.1. The van der Waals surface area contributed by atoms with Gasteiger partial charge in [0.15, 0.2) is 0 Å². The Labute approximate surface area is 122 Å². The van der Waals surface area contributed by atoms with Gasteiger partial charge in [-0.3, -0.25) is 4.79 Å². The first-order chi connectivity index (χ1) is 10.0. The summed E-state index contributed by atoms with van der Waals surface area (Å²) < 4.78 is 18.4. The number of carboxylic acids is 1. The number of carbonyl (C=O) groups is 1. The molecule has 0 heterocycles. The molecule has 0 bridgehead atoms. The Morgan fingerprint density at radius 3 is 2.19 bits per heavy atom. The maximum atomic E-state index is 12.8. The molecule has 0 radical (unpaired) electrons. The van der Waals surface area contributed by atoms with Crippen LogP contribution in [0.25, 0.3) is 0 Å². The first-order valence-corrected chi connectivity index (χ1v) is 6.53. The molecule has 2 N–H and O–H groups in total. The summed E-state index contributed by atoms with van der Waals surface area (Å²) in [4.78, 5) is 10.5. The van der Waals surface area contributed by atoms with E-state index in [4.69, 9.17) is 9.84 Å². The Balaban J connectivity index is 1.98. The number of ether oxygens (including phenoxy) is 1. The molecule has 4 nitrogen and oxygen atoms in total. The first-order valence-electron chi connectivity index (χ1n) is 6.53. The highest BCUT2D eigenvalue weighted by Crippen LogP contribution is 2.23. The van der Waals surface area contributed by atoms with Crippen molar-refractivity contribution in [1.82, 2.24) is 5.32 Å². The number of hydrogen-bond donors (Lipinski definition) is 2. The number of halogens is 1. The molecular weight excluding hydrogens is 273 g/mol. The number of carboxylic acid groups (broad SMARTS) is 1. The van der Waals surface area contributed by atoms with Crippen LogP contribution in [0.4, 0.5) is 4.39 Å². The van der Waals surface area contributed by atoms with Gasteiger partial charge in [0, 0.05) is 6.04 Å². The van der Waals surface area contributed by atoms with E-state index in [0.29, 0.717) is 11.5 Å². The zero-order valence-electron chi connectivity index (χ0n) is 11.5. The van der Waals surface area contributed by atoms with Crippen LogP contribution < -0.4 is 10.1 Å². The average molecular weight is 289 g/mol. The lowest BCUT2D eigenvalue weighted by Gasteiger charge is -2.13.